The average molecular weight is 128 g/mol. The zero-order valence-electron chi connectivity index (χ0n) is 6.49. The molecule has 0 bridgehead atoms. The van der Waals surface area contributed by atoms with E-state index in [0.29, 0.717) is 6.54 Å². The third-order valence-corrected chi connectivity index (χ3v) is 0.492. The molecule has 0 radical (unpaired) electrons. The maximum atomic E-state index is 5.07. The lowest BCUT2D eigenvalue weighted by Crippen LogP contribution is -2.05. The van der Waals surface area contributed by atoms with Crippen molar-refractivity contribution in [1.82, 2.24) is 5.32 Å². The zero-order valence-corrected chi connectivity index (χ0v) is 6.49. The van der Waals surface area contributed by atoms with Crippen LogP contribution in [0, 0.1) is 11.8 Å². The van der Waals surface area contributed by atoms with Crippen LogP contribution in [0.5, 0.6) is 0 Å². The van der Waals surface area contributed by atoms with Gasteiger partial charge in [0.1, 0.15) is 0 Å². The standard InChI is InChI=1S/C5H10N2.C2H6/c1-7-5-3-2-4-6;1-2/h7H,4-6H2,1H3;1-2H3. The molecule has 0 saturated heterocycles. The Labute approximate surface area is 57.8 Å². The minimum absolute atomic E-state index is 0.460. The van der Waals surface area contributed by atoms with Gasteiger partial charge in [0.25, 0.3) is 0 Å². The average Bonchev–Trinajstić information content (AvgIpc) is 1.94. The van der Waals surface area contributed by atoms with Crippen LogP contribution in [-0.4, -0.2) is 20.1 Å². The molecule has 0 aromatic rings. The molecule has 0 fully saturated rings. The first-order chi connectivity index (χ1) is 4.41. The zero-order chi connectivity index (χ0) is 7.54. The minimum atomic E-state index is 0.460. The first kappa shape index (κ1) is 11.3. The molecule has 3 N–H and O–H groups in total. The smallest absolute Gasteiger partial charge is 0.0574 e. The van der Waals surface area contributed by atoms with Crippen molar-refractivity contribution in [3.8, 4) is 11.8 Å². The van der Waals surface area contributed by atoms with Gasteiger partial charge in [-0.1, -0.05) is 25.7 Å². The minimum Gasteiger partial charge on any atom is -0.320 e. The predicted molar refractivity (Wildman–Crippen MR) is 42.1 cm³/mol. The highest BCUT2D eigenvalue weighted by Crippen LogP contribution is 1.47. The predicted octanol–water partition coefficient (Wildman–Crippen LogP) is 0.194. The molecule has 0 unspecified atom stereocenters. The molecular weight excluding hydrogens is 112 g/mol. The fourth-order valence-electron chi connectivity index (χ4n) is 0.223. The summed E-state index contributed by atoms with van der Waals surface area (Å²) >= 11 is 0. The van der Waals surface area contributed by atoms with E-state index in [4.69, 9.17) is 5.73 Å². The van der Waals surface area contributed by atoms with Crippen molar-refractivity contribution in [2.45, 2.75) is 13.8 Å². The van der Waals surface area contributed by atoms with Gasteiger partial charge < -0.3 is 11.1 Å². The van der Waals surface area contributed by atoms with Crippen molar-refractivity contribution < 1.29 is 0 Å². The van der Waals surface area contributed by atoms with Crippen LogP contribution in [-0.2, 0) is 0 Å². The number of nitrogens with one attached hydrogen (secondary N) is 1. The van der Waals surface area contributed by atoms with Crippen LogP contribution < -0.4 is 11.1 Å². The molecule has 0 aliphatic heterocycles. The second kappa shape index (κ2) is 15.6. The van der Waals surface area contributed by atoms with Crippen molar-refractivity contribution in [3.05, 3.63) is 0 Å². The summed E-state index contributed by atoms with van der Waals surface area (Å²) in [6, 6.07) is 0. The Morgan fingerprint density at radius 1 is 1.33 bits per heavy atom. The van der Waals surface area contributed by atoms with Gasteiger partial charge >= 0.3 is 0 Å². The lowest BCUT2D eigenvalue weighted by atomic mass is 10.6. The summed E-state index contributed by atoms with van der Waals surface area (Å²) in [6.45, 7) is 5.19. The molecule has 9 heavy (non-hydrogen) atoms. The highest BCUT2D eigenvalue weighted by atomic mass is 14.8. The quantitative estimate of drug-likeness (QED) is 0.495. The van der Waals surface area contributed by atoms with Crippen LogP contribution >= 0.6 is 0 Å². The molecule has 0 aliphatic rings. The lowest BCUT2D eigenvalue weighted by Gasteiger charge is -1.79. The molecule has 0 saturated carbocycles. The van der Waals surface area contributed by atoms with E-state index in [1.165, 1.54) is 0 Å². The summed E-state index contributed by atoms with van der Waals surface area (Å²) in [6.07, 6.45) is 0. The fourth-order valence-corrected chi connectivity index (χ4v) is 0.223. The number of hydrogen-bond acceptors (Lipinski definition) is 2. The summed E-state index contributed by atoms with van der Waals surface area (Å²) in [4.78, 5) is 0. The molecule has 0 aliphatic carbocycles. The molecule has 0 aromatic heterocycles. The molecule has 0 aromatic carbocycles. The Morgan fingerprint density at radius 2 is 1.89 bits per heavy atom. The van der Waals surface area contributed by atoms with E-state index >= 15 is 0 Å². The number of hydrogen-bond donors (Lipinski definition) is 2. The van der Waals surface area contributed by atoms with Crippen LogP contribution in [0.1, 0.15) is 13.8 Å². The van der Waals surface area contributed by atoms with Gasteiger partial charge in [0, 0.05) is 0 Å². The van der Waals surface area contributed by atoms with E-state index in [1.54, 1.807) is 0 Å². The Balaban J connectivity index is 0. The largest absolute Gasteiger partial charge is 0.320 e. The van der Waals surface area contributed by atoms with E-state index < -0.39 is 0 Å². The van der Waals surface area contributed by atoms with Gasteiger partial charge in [0.05, 0.1) is 13.1 Å². The topological polar surface area (TPSA) is 38.0 Å². The van der Waals surface area contributed by atoms with E-state index in [-0.39, 0.29) is 0 Å². The maximum Gasteiger partial charge on any atom is 0.0574 e. The van der Waals surface area contributed by atoms with Gasteiger partial charge in [-0.3, -0.25) is 0 Å². The summed E-state index contributed by atoms with van der Waals surface area (Å²) in [5.41, 5.74) is 5.07. The van der Waals surface area contributed by atoms with Crippen molar-refractivity contribution >= 4 is 0 Å². The second-order valence-electron chi connectivity index (χ2n) is 1.09. The van der Waals surface area contributed by atoms with Gasteiger partial charge in [0.15, 0.2) is 0 Å². The maximum absolute atomic E-state index is 5.07. The second-order valence-corrected chi connectivity index (χ2v) is 1.09. The molecule has 0 heterocycles. The Hall–Kier alpha value is -0.520. The van der Waals surface area contributed by atoms with E-state index in [1.807, 2.05) is 20.9 Å². The Morgan fingerprint density at radius 3 is 2.22 bits per heavy atom. The molecule has 0 atom stereocenters. The fraction of sp³-hybridized carbons (Fsp3) is 0.714. The van der Waals surface area contributed by atoms with E-state index in [0.717, 1.165) is 6.54 Å². The Kier molecular flexibility index (Phi) is 19.6. The Bertz CT molecular complexity index is 78.7. The van der Waals surface area contributed by atoms with Crippen molar-refractivity contribution in [3.63, 3.8) is 0 Å². The third-order valence-electron chi connectivity index (χ3n) is 0.492. The van der Waals surface area contributed by atoms with E-state index in [2.05, 4.69) is 17.2 Å². The third kappa shape index (κ3) is 18.5. The van der Waals surface area contributed by atoms with Crippen LogP contribution in [0.15, 0.2) is 0 Å². The molecule has 2 nitrogen and oxygen atoms in total. The first-order valence-corrected chi connectivity index (χ1v) is 3.22. The van der Waals surface area contributed by atoms with Crippen molar-refractivity contribution in [2.24, 2.45) is 5.73 Å². The van der Waals surface area contributed by atoms with Gasteiger partial charge in [-0.2, -0.15) is 0 Å². The van der Waals surface area contributed by atoms with Crippen LogP contribution in [0.2, 0.25) is 0 Å². The van der Waals surface area contributed by atoms with Crippen LogP contribution in [0.4, 0.5) is 0 Å². The highest BCUT2D eigenvalue weighted by molar-refractivity contribution is 5.01. The summed E-state index contributed by atoms with van der Waals surface area (Å²) in [7, 11) is 1.85. The van der Waals surface area contributed by atoms with E-state index in [9.17, 15) is 0 Å². The van der Waals surface area contributed by atoms with Gasteiger partial charge in [-0.05, 0) is 7.05 Å². The van der Waals surface area contributed by atoms with Crippen LogP contribution in [0.25, 0.3) is 0 Å². The molecule has 0 rings (SSSR count). The molecular formula is C7H16N2. The lowest BCUT2D eigenvalue weighted by molar-refractivity contribution is 0.937. The molecule has 0 spiro atoms. The summed E-state index contributed by atoms with van der Waals surface area (Å²) < 4.78 is 0. The summed E-state index contributed by atoms with van der Waals surface area (Å²) in [5, 5.41) is 2.87. The normalized spacial score (nSPS) is 6.22. The van der Waals surface area contributed by atoms with Crippen molar-refractivity contribution in [1.29, 1.82) is 0 Å². The first-order valence-electron chi connectivity index (χ1n) is 3.22. The van der Waals surface area contributed by atoms with Crippen LogP contribution in [0.3, 0.4) is 0 Å². The highest BCUT2D eigenvalue weighted by Gasteiger charge is 1.62. The molecule has 0 amide bonds. The number of rotatable bonds is 1. The van der Waals surface area contributed by atoms with Gasteiger partial charge in [-0.15, -0.1) is 0 Å². The molecule has 2 heteroatoms. The van der Waals surface area contributed by atoms with Crippen molar-refractivity contribution in [2.75, 3.05) is 20.1 Å². The monoisotopic (exact) mass is 128 g/mol. The summed E-state index contributed by atoms with van der Waals surface area (Å²) in [5.74, 6) is 5.51. The number of nitrogens with two attached hydrogens (primary N) is 1. The molecule has 54 valence electrons. The SMILES string of the molecule is CC.CNCC#CCN. The van der Waals surface area contributed by atoms with Gasteiger partial charge in [-0.25, -0.2) is 0 Å². The van der Waals surface area contributed by atoms with Gasteiger partial charge in [0.2, 0.25) is 0 Å².